The number of aromatic nitrogens is 1. The zero-order valence-electron chi connectivity index (χ0n) is 15.1. The zero-order chi connectivity index (χ0) is 16.1. The molecule has 1 heterocycles. The number of unbranched alkanes of at least 4 members (excludes halogenated alkanes) is 7. The van der Waals surface area contributed by atoms with Crippen LogP contribution >= 0.6 is 0 Å². The average molecular weight is 312 g/mol. The summed E-state index contributed by atoms with van der Waals surface area (Å²) >= 11 is 0. The summed E-state index contributed by atoms with van der Waals surface area (Å²) in [5.41, 5.74) is 7.66. The fraction of sp³-hybridized carbons (Fsp3) is 0.636. The van der Waals surface area contributed by atoms with Crippen LogP contribution in [0.4, 0.5) is 0 Å². The van der Waals surface area contributed by atoms with Crippen molar-refractivity contribution in [2.75, 3.05) is 0 Å². The molecule has 23 heavy (non-hydrogen) atoms. The van der Waals surface area contributed by atoms with Gasteiger partial charge in [0.2, 0.25) is 0 Å². The van der Waals surface area contributed by atoms with Crippen molar-refractivity contribution in [2.24, 2.45) is 0 Å². The third-order valence-corrected chi connectivity index (χ3v) is 5.63. The Labute approximate surface area is 141 Å². The standard InChI is InChI=1S/C22H33N/c1-3-4-5-6-7-8-9-10-12-18-17(2)15-16-21-22(18)19-13-11-14-20(19)23-21/h15-16,23H,3-14H2,1-2H3. The molecule has 1 nitrogen and oxygen atoms in total. The van der Waals surface area contributed by atoms with Crippen molar-refractivity contribution in [3.05, 3.63) is 34.5 Å². The second-order valence-corrected chi connectivity index (χ2v) is 7.44. The van der Waals surface area contributed by atoms with Gasteiger partial charge in [-0.1, -0.05) is 57.9 Å². The number of fused-ring (bicyclic) bond motifs is 3. The van der Waals surface area contributed by atoms with Crippen molar-refractivity contribution in [1.82, 2.24) is 4.98 Å². The monoisotopic (exact) mass is 311 g/mol. The quantitative estimate of drug-likeness (QED) is 0.499. The van der Waals surface area contributed by atoms with Crippen LogP contribution in [0.15, 0.2) is 12.1 Å². The molecule has 1 aromatic heterocycles. The molecule has 1 aromatic carbocycles. The fourth-order valence-electron chi connectivity index (χ4n) is 4.28. The highest BCUT2D eigenvalue weighted by atomic mass is 14.7. The number of rotatable bonds is 9. The second-order valence-electron chi connectivity index (χ2n) is 7.44. The maximum atomic E-state index is 3.67. The Balaban J connectivity index is 1.56. The van der Waals surface area contributed by atoms with Gasteiger partial charge in [0.05, 0.1) is 0 Å². The van der Waals surface area contributed by atoms with Crippen molar-refractivity contribution in [3.8, 4) is 0 Å². The van der Waals surface area contributed by atoms with Crippen LogP contribution in [0.3, 0.4) is 0 Å². The summed E-state index contributed by atoms with van der Waals surface area (Å²) in [4.78, 5) is 3.67. The SMILES string of the molecule is CCCCCCCCCCc1c(C)ccc2[nH]c3c(c12)CCC3. The number of aromatic amines is 1. The molecule has 1 heteroatoms. The Morgan fingerprint density at radius 3 is 2.43 bits per heavy atom. The summed E-state index contributed by atoms with van der Waals surface area (Å²) in [7, 11) is 0. The normalized spacial score (nSPS) is 13.8. The molecule has 1 aliphatic carbocycles. The molecule has 3 rings (SSSR count). The minimum Gasteiger partial charge on any atom is -0.358 e. The summed E-state index contributed by atoms with van der Waals surface area (Å²) in [6, 6.07) is 4.61. The summed E-state index contributed by atoms with van der Waals surface area (Å²) < 4.78 is 0. The van der Waals surface area contributed by atoms with Crippen molar-refractivity contribution in [1.29, 1.82) is 0 Å². The maximum Gasteiger partial charge on any atom is 0.0461 e. The van der Waals surface area contributed by atoms with Crippen LogP contribution in [0.25, 0.3) is 10.9 Å². The molecule has 0 saturated heterocycles. The molecule has 0 amide bonds. The third-order valence-electron chi connectivity index (χ3n) is 5.63. The lowest BCUT2D eigenvalue weighted by Gasteiger charge is -2.10. The smallest absolute Gasteiger partial charge is 0.0461 e. The highest BCUT2D eigenvalue weighted by Gasteiger charge is 2.19. The summed E-state index contributed by atoms with van der Waals surface area (Å²) in [5.74, 6) is 0. The van der Waals surface area contributed by atoms with Crippen LogP contribution in [-0.4, -0.2) is 4.98 Å². The van der Waals surface area contributed by atoms with Gasteiger partial charge in [0, 0.05) is 16.6 Å². The first-order valence-corrected chi connectivity index (χ1v) is 9.93. The van der Waals surface area contributed by atoms with E-state index in [0.717, 1.165) is 0 Å². The Hall–Kier alpha value is -1.24. The van der Waals surface area contributed by atoms with Crippen molar-refractivity contribution >= 4 is 10.9 Å². The Kier molecular flexibility index (Phi) is 5.80. The predicted molar refractivity (Wildman–Crippen MR) is 101 cm³/mol. The predicted octanol–water partition coefficient (Wildman–Crippen LogP) is 6.65. The minimum atomic E-state index is 1.25. The van der Waals surface area contributed by atoms with Gasteiger partial charge in [-0.05, 0) is 61.8 Å². The van der Waals surface area contributed by atoms with E-state index in [-0.39, 0.29) is 0 Å². The van der Waals surface area contributed by atoms with Gasteiger partial charge in [-0.3, -0.25) is 0 Å². The van der Waals surface area contributed by atoms with Gasteiger partial charge < -0.3 is 4.98 Å². The highest BCUT2D eigenvalue weighted by Crippen LogP contribution is 2.34. The lowest BCUT2D eigenvalue weighted by molar-refractivity contribution is 0.575. The van der Waals surface area contributed by atoms with Crippen LogP contribution in [0, 0.1) is 6.92 Å². The molecule has 1 aliphatic rings. The van der Waals surface area contributed by atoms with E-state index in [1.54, 1.807) is 16.5 Å². The molecule has 1 N–H and O–H groups in total. The largest absolute Gasteiger partial charge is 0.358 e. The van der Waals surface area contributed by atoms with Crippen LogP contribution in [0.1, 0.15) is 87.1 Å². The van der Waals surface area contributed by atoms with Gasteiger partial charge >= 0.3 is 0 Å². The number of benzene rings is 1. The van der Waals surface area contributed by atoms with Gasteiger partial charge in [0.25, 0.3) is 0 Å². The molecule has 0 radical (unpaired) electrons. The maximum absolute atomic E-state index is 3.67. The molecule has 0 atom stereocenters. The molecule has 0 unspecified atom stereocenters. The number of nitrogens with one attached hydrogen (secondary N) is 1. The van der Waals surface area contributed by atoms with Crippen LogP contribution in [0.5, 0.6) is 0 Å². The number of hydrogen-bond acceptors (Lipinski definition) is 0. The van der Waals surface area contributed by atoms with Crippen molar-refractivity contribution in [3.63, 3.8) is 0 Å². The molecule has 0 bridgehead atoms. The summed E-state index contributed by atoms with van der Waals surface area (Å²) in [6.45, 7) is 4.59. The molecule has 2 aromatic rings. The molecular weight excluding hydrogens is 278 g/mol. The van der Waals surface area contributed by atoms with Crippen molar-refractivity contribution < 1.29 is 0 Å². The lowest BCUT2D eigenvalue weighted by Crippen LogP contribution is -1.93. The van der Waals surface area contributed by atoms with Crippen LogP contribution in [-0.2, 0) is 19.3 Å². The van der Waals surface area contributed by atoms with Gasteiger partial charge in [-0.25, -0.2) is 0 Å². The molecule has 0 spiro atoms. The first-order valence-electron chi connectivity index (χ1n) is 9.93. The van der Waals surface area contributed by atoms with Crippen LogP contribution in [0.2, 0.25) is 0 Å². The number of H-pyrrole nitrogens is 1. The minimum absolute atomic E-state index is 1.25. The Morgan fingerprint density at radius 1 is 0.913 bits per heavy atom. The lowest BCUT2D eigenvalue weighted by atomic mass is 9.95. The van der Waals surface area contributed by atoms with Gasteiger partial charge in [-0.15, -0.1) is 0 Å². The first kappa shape index (κ1) is 16.6. The number of aryl methyl sites for hydroxylation is 4. The fourth-order valence-corrected chi connectivity index (χ4v) is 4.28. The van der Waals surface area contributed by atoms with Gasteiger partial charge in [-0.2, -0.15) is 0 Å². The molecule has 0 aliphatic heterocycles. The number of hydrogen-bond donors (Lipinski definition) is 1. The topological polar surface area (TPSA) is 15.8 Å². The van der Waals surface area contributed by atoms with E-state index < -0.39 is 0 Å². The van der Waals surface area contributed by atoms with Crippen molar-refractivity contribution in [2.45, 2.75) is 90.9 Å². The molecule has 0 fully saturated rings. The van der Waals surface area contributed by atoms with E-state index in [1.165, 1.54) is 93.8 Å². The van der Waals surface area contributed by atoms with E-state index in [1.807, 2.05) is 0 Å². The molecule has 0 saturated carbocycles. The van der Waals surface area contributed by atoms with Gasteiger partial charge in [0.1, 0.15) is 0 Å². The van der Waals surface area contributed by atoms with E-state index >= 15 is 0 Å². The Bertz CT molecular complexity index is 635. The highest BCUT2D eigenvalue weighted by molar-refractivity contribution is 5.89. The average Bonchev–Trinajstić information content (AvgIpc) is 3.12. The van der Waals surface area contributed by atoms with Crippen LogP contribution < -0.4 is 0 Å². The molecular formula is C22H33N. The zero-order valence-corrected chi connectivity index (χ0v) is 15.1. The Morgan fingerprint density at radius 2 is 1.65 bits per heavy atom. The third kappa shape index (κ3) is 3.82. The second kappa shape index (κ2) is 8.04. The van der Waals surface area contributed by atoms with E-state index in [2.05, 4.69) is 31.0 Å². The van der Waals surface area contributed by atoms with E-state index in [4.69, 9.17) is 0 Å². The molecule has 126 valence electrons. The summed E-state index contributed by atoms with van der Waals surface area (Å²) in [6.07, 6.45) is 16.4. The van der Waals surface area contributed by atoms with E-state index in [0.29, 0.717) is 0 Å². The van der Waals surface area contributed by atoms with E-state index in [9.17, 15) is 0 Å². The summed E-state index contributed by atoms with van der Waals surface area (Å²) in [5, 5.41) is 1.58. The first-order chi connectivity index (χ1) is 11.3. The van der Waals surface area contributed by atoms with Gasteiger partial charge in [0.15, 0.2) is 0 Å².